The van der Waals surface area contributed by atoms with Crippen LogP contribution in [0.5, 0.6) is 5.75 Å². The molecule has 1 atom stereocenters. The van der Waals surface area contributed by atoms with Crippen molar-refractivity contribution in [3.63, 3.8) is 0 Å². The smallest absolute Gasteiger partial charge is 0.242 e. The van der Waals surface area contributed by atoms with Crippen molar-refractivity contribution >= 4 is 27.5 Å². The SMILES string of the molecule is CCCCNC(=O)[C@H](C)N(Cc1ccc(OC)cc1)C(=O)CCCN(c1cc(C)cc(C)c1)S(C)(=O)=O. The van der Waals surface area contributed by atoms with Crippen LogP contribution in [0.3, 0.4) is 0 Å². The number of ether oxygens (including phenoxy) is 1. The van der Waals surface area contributed by atoms with Crippen molar-refractivity contribution in [3.05, 3.63) is 59.2 Å². The number of methoxy groups -OCH3 is 1. The third-order valence-electron chi connectivity index (χ3n) is 6.16. The quantitative estimate of drug-likeness (QED) is 0.369. The first-order chi connectivity index (χ1) is 17.5. The van der Waals surface area contributed by atoms with Crippen LogP contribution in [0, 0.1) is 13.8 Å². The van der Waals surface area contributed by atoms with Gasteiger partial charge in [0.2, 0.25) is 21.8 Å². The number of carbonyl (C=O) groups excluding carboxylic acids is 2. The van der Waals surface area contributed by atoms with E-state index in [-0.39, 0.29) is 31.3 Å². The fourth-order valence-corrected chi connectivity index (χ4v) is 5.09. The first-order valence-electron chi connectivity index (χ1n) is 12.7. The average Bonchev–Trinajstić information content (AvgIpc) is 2.83. The van der Waals surface area contributed by atoms with E-state index in [2.05, 4.69) is 5.32 Å². The second kappa shape index (κ2) is 14.0. The second-order valence-corrected chi connectivity index (χ2v) is 11.4. The molecule has 0 aromatic heterocycles. The number of amides is 2. The van der Waals surface area contributed by atoms with Crippen molar-refractivity contribution in [3.8, 4) is 5.75 Å². The number of benzene rings is 2. The molecule has 0 spiro atoms. The monoisotopic (exact) mass is 531 g/mol. The van der Waals surface area contributed by atoms with Gasteiger partial charge in [0.1, 0.15) is 11.8 Å². The maximum absolute atomic E-state index is 13.4. The lowest BCUT2D eigenvalue weighted by Gasteiger charge is -2.29. The number of aryl methyl sites for hydroxylation is 2. The van der Waals surface area contributed by atoms with E-state index in [9.17, 15) is 18.0 Å². The Labute approximate surface area is 222 Å². The van der Waals surface area contributed by atoms with Gasteiger partial charge in [0.05, 0.1) is 19.1 Å². The molecule has 0 saturated carbocycles. The Morgan fingerprint density at radius 3 is 2.19 bits per heavy atom. The fraction of sp³-hybridized carbons (Fsp3) is 0.500. The van der Waals surface area contributed by atoms with Crippen LogP contribution in [0.15, 0.2) is 42.5 Å². The zero-order valence-corrected chi connectivity index (χ0v) is 23.7. The molecule has 2 aromatic rings. The van der Waals surface area contributed by atoms with E-state index < -0.39 is 16.1 Å². The highest BCUT2D eigenvalue weighted by Gasteiger charge is 2.26. The molecule has 0 aliphatic carbocycles. The number of rotatable bonds is 14. The van der Waals surface area contributed by atoms with Crippen molar-refractivity contribution in [2.75, 3.05) is 30.8 Å². The average molecular weight is 532 g/mol. The summed E-state index contributed by atoms with van der Waals surface area (Å²) in [7, 11) is -1.95. The summed E-state index contributed by atoms with van der Waals surface area (Å²) in [5, 5.41) is 2.91. The van der Waals surface area contributed by atoms with E-state index in [1.807, 2.05) is 63.2 Å². The lowest BCUT2D eigenvalue weighted by molar-refractivity contribution is -0.140. The Kier molecular flexibility index (Phi) is 11.4. The van der Waals surface area contributed by atoms with E-state index in [4.69, 9.17) is 4.74 Å². The van der Waals surface area contributed by atoms with Gasteiger partial charge in [0, 0.05) is 26.1 Å². The predicted molar refractivity (Wildman–Crippen MR) is 148 cm³/mol. The Hall–Kier alpha value is -3.07. The van der Waals surface area contributed by atoms with Crippen molar-refractivity contribution in [1.82, 2.24) is 10.2 Å². The van der Waals surface area contributed by atoms with E-state index in [1.165, 1.54) is 10.6 Å². The lowest BCUT2D eigenvalue weighted by atomic mass is 10.1. The lowest BCUT2D eigenvalue weighted by Crippen LogP contribution is -2.48. The number of unbranched alkanes of at least 4 members (excludes halogenated alkanes) is 1. The van der Waals surface area contributed by atoms with Gasteiger partial charge in [0.15, 0.2) is 0 Å². The van der Waals surface area contributed by atoms with Crippen molar-refractivity contribution in [2.45, 2.75) is 66.0 Å². The van der Waals surface area contributed by atoms with Crippen LogP contribution in [0.25, 0.3) is 0 Å². The number of anilines is 1. The molecule has 8 nitrogen and oxygen atoms in total. The summed E-state index contributed by atoms with van der Waals surface area (Å²) in [5.74, 6) is 0.297. The van der Waals surface area contributed by atoms with E-state index in [0.29, 0.717) is 24.4 Å². The first-order valence-corrected chi connectivity index (χ1v) is 14.6. The molecule has 37 heavy (non-hydrogen) atoms. The molecule has 0 saturated heterocycles. The molecule has 2 aromatic carbocycles. The summed E-state index contributed by atoms with van der Waals surface area (Å²) in [5.41, 5.74) is 3.39. The molecule has 204 valence electrons. The van der Waals surface area contributed by atoms with Crippen LogP contribution in [0.1, 0.15) is 56.2 Å². The number of sulfonamides is 1. The fourth-order valence-electron chi connectivity index (χ4n) is 4.14. The number of hydrogen-bond donors (Lipinski definition) is 1. The van der Waals surface area contributed by atoms with Crippen molar-refractivity contribution in [1.29, 1.82) is 0 Å². The molecule has 0 aliphatic heterocycles. The van der Waals surface area contributed by atoms with Gasteiger partial charge in [-0.2, -0.15) is 0 Å². The summed E-state index contributed by atoms with van der Waals surface area (Å²) < 4.78 is 31.7. The third-order valence-corrected chi connectivity index (χ3v) is 7.35. The van der Waals surface area contributed by atoms with E-state index in [0.717, 1.165) is 29.5 Å². The minimum absolute atomic E-state index is 0.111. The molecule has 2 rings (SSSR count). The topological polar surface area (TPSA) is 96.0 Å². The predicted octanol–water partition coefficient (Wildman–Crippen LogP) is 4.19. The third kappa shape index (κ3) is 9.39. The molecule has 1 N–H and O–H groups in total. The van der Waals surface area contributed by atoms with Gasteiger partial charge in [-0.3, -0.25) is 13.9 Å². The molecule has 0 heterocycles. The normalized spacial score (nSPS) is 12.1. The van der Waals surface area contributed by atoms with Crippen LogP contribution in [0.2, 0.25) is 0 Å². The Balaban J connectivity index is 2.17. The van der Waals surface area contributed by atoms with Crippen LogP contribution in [-0.2, 0) is 26.2 Å². The summed E-state index contributed by atoms with van der Waals surface area (Å²) >= 11 is 0. The van der Waals surface area contributed by atoms with Gasteiger partial charge >= 0.3 is 0 Å². The molecule has 2 amide bonds. The second-order valence-electron chi connectivity index (χ2n) is 9.47. The Morgan fingerprint density at radius 1 is 1.03 bits per heavy atom. The molecular weight excluding hydrogens is 490 g/mol. The molecule has 0 unspecified atom stereocenters. The molecule has 0 radical (unpaired) electrons. The maximum atomic E-state index is 13.4. The summed E-state index contributed by atoms with van der Waals surface area (Å²) in [6.07, 6.45) is 3.43. The first kappa shape index (κ1) is 30.2. The number of nitrogens with zero attached hydrogens (tertiary/aromatic N) is 2. The van der Waals surface area contributed by atoms with Crippen molar-refractivity contribution < 1.29 is 22.7 Å². The van der Waals surface area contributed by atoms with Gasteiger partial charge in [-0.15, -0.1) is 0 Å². The number of hydrogen-bond acceptors (Lipinski definition) is 5. The molecule has 0 aliphatic rings. The van der Waals surface area contributed by atoms with Crippen LogP contribution in [0.4, 0.5) is 5.69 Å². The van der Waals surface area contributed by atoms with Gasteiger partial charge in [0.25, 0.3) is 0 Å². The Morgan fingerprint density at radius 2 is 1.65 bits per heavy atom. The van der Waals surface area contributed by atoms with Crippen LogP contribution >= 0.6 is 0 Å². The maximum Gasteiger partial charge on any atom is 0.242 e. The molecule has 9 heteroatoms. The number of carbonyl (C=O) groups is 2. The summed E-state index contributed by atoms with van der Waals surface area (Å²) in [4.78, 5) is 27.7. The summed E-state index contributed by atoms with van der Waals surface area (Å²) in [6, 6.07) is 12.3. The standard InChI is InChI=1S/C28H41N3O5S/c1-7-8-15-29-28(33)23(4)30(20-24-11-13-26(36-5)14-12-24)27(32)10-9-16-31(37(6,34)35)25-18-21(2)17-22(3)19-25/h11-14,17-19,23H,7-10,15-16,20H2,1-6H3,(H,29,33)/t23-/m0/s1. The van der Waals surface area contributed by atoms with Gasteiger partial charge in [-0.1, -0.05) is 31.5 Å². The minimum Gasteiger partial charge on any atom is -0.497 e. The van der Waals surface area contributed by atoms with Gasteiger partial charge in [-0.05, 0) is 74.6 Å². The summed E-state index contributed by atoms with van der Waals surface area (Å²) in [6.45, 7) is 8.60. The van der Waals surface area contributed by atoms with Crippen LogP contribution in [-0.4, -0.2) is 57.6 Å². The molecule has 0 fully saturated rings. The zero-order chi connectivity index (χ0) is 27.6. The Bertz CT molecular complexity index is 1130. The number of nitrogens with one attached hydrogen (secondary N) is 1. The van der Waals surface area contributed by atoms with Crippen LogP contribution < -0.4 is 14.4 Å². The van der Waals surface area contributed by atoms with E-state index >= 15 is 0 Å². The highest BCUT2D eigenvalue weighted by Crippen LogP contribution is 2.22. The molecule has 0 bridgehead atoms. The van der Waals surface area contributed by atoms with Gasteiger partial charge in [-0.25, -0.2) is 8.42 Å². The van der Waals surface area contributed by atoms with Gasteiger partial charge < -0.3 is 15.0 Å². The minimum atomic E-state index is -3.54. The van der Waals surface area contributed by atoms with E-state index in [1.54, 1.807) is 18.9 Å². The molecular formula is C28H41N3O5S. The highest BCUT2D eigenvalue weighted by atomic mass is 32.2. The van der Waals surface area contributed by atoms with Crippen molar-refractivity contribution in [2.24, 2.45) is 0 Å². The largest absolute Gasteiger partial charge is 0.497 e. The zero-order valence-electron chi connectivity index (χ0n) is 22.9. The highest BCUT2D eigenvalue weighted by molar-refractivity contribution is 7.92.